The molecule has 0 unspecified atom stereocenters. The van der Waals surface area contributed by atoms with E-state index in [4.69, 9.17) is 9.94 Å². The van der Waals surface area contributed by atoms with E-state index in [9.17, 15) is 27.2 Å². The molecule has 0 aromatic heterocycles. The molecular weight excluding hydrogens is 444 g/mol. The van der Waals surface area contributed by atoms with Gasteiger partial charge in [0.1, 0.15) is 17.3 Å². The molecule has 0 aliphatic heterocycles. The largest absolute Gasteiger partial charge is 0.457 e. The normalized spacial score (nSPS) is 11.3. The van der Waals surface area contributed by atoms with Crippen LogP contribution in [0.3, 0.4) is 0 Å². The Morgan fingerprint density at radius 1 is 0.970 bits per heavy atom. The number of ether oxygens (including phenoxy) is 1. The van der Waals surface area contributed by atoms with Crippen LogP contribution in [0.2, 0.25) is 0 Å². The van der Waals surface area contributed by atoms with Gasteiger partial charge in [-0.25, -0.2) is 9.87 Å². The number of alkyl halides is 3. The molecule has 0 fully saturated rings. The second-order valence-corrected chi connectivity index (χ2v) is 6.62. The molecule has 0 aliphatic carbocycles. The highest BCUT2D eigenvalue weighted by Crippen LogP contribution is 2.33. The fraction of sp³-hybridized carbons (Fsp3) is 0.0435. The maximum atomic E-state index is 13.1. The zero-order valence-corrected chi connectivity index (χ0v) is 16.7. The summed E-state index contributed by atoms with van der Waals surface area (Å²) >= 11 is 0. The average molecular weight is 460 g/mol. The van der Waals surface area contributed by atoms with Crippen molar-refractivity contribution in [2.75, 3.05) is 5.32 Å². The number of hydroxylamine groups is 1. The Kier molecular flexibility index (Phi) is 7.09. The van der Waals surface area contributed by atoms with E-state index >= 15 is 0 Å². The number of halogens is 4. The molecule has 0 radical (unpaired) electrons. The molecule has 2 amide bonds. The molecule has 3 aromatic rings. The van der Waals surface area contributed by atoms with Crippen molar-refractivity contribution in [1.82, 2.24) is 5.48 Å². The van der Waals surface area contributed by atoms with Gasteiger partial charge < -0.3 is 10.1 Å². The number of hydrogen-bond donors (Lipinski definition) is 3. The highest BCUT2D eigenvalue weighted by atomic mass is 19.4. The van der Waals surface area contributed by atoms with Gasteiger partial charge in [-0.3, -0.25) is 14.8 Å². The van der Waals surface area contributed by atoms with Crippen LogP contribution in [-0.4, -0.2) is 17.0 Å². The van der Waals surface area contributed by atoms with Gasteiger partial charge in [0, 0.05) is 11.8 Å². The average Bonchev–Trinajstić information content (AvgIpc) is 2.79. The van der Waals surface area contributed by atoms with Gasteiger partial charge in [-0.15, -0.1) is 0 Å². The molecule has 0 saturated heterocycles. The quantitative estimate of drug-likeness (QED) is 0.199. The monoisotopic (exact) mass is 460 g/mol. The summed E-state index contributed by atoms with van der Waals surface area (Å²) in [5.74, 6) is -1.74. The smallest absolute Gasteiger partial charge is 0.416 e. The Hall–Kier alpha value is -4.18. The molecule has 0 aliphatic rings. The molecule has 3 N–H and O–H groups in total. The summed E-state index contributed by atoms with van der Waals surface area (Å²) in [4.78, 5) is 24.2. The minimum Gasteiger partial charge on any atom is -0.457 e. The van der Waals surface area contributed by atoms with Crippen molar-refractivity contribution in [1.29, 1.82) is 0 Å². The minimum absolute atomic E-state index is 0.0217. The summed E-state index contributed by atoms with van der Waals surface area (Å²) in [7, 11) is 0. The molecule has 33 heavy (non-hydrogen) atoms. The number of nitrogens with one attached hydrogen (secondary N) is 2. The molecule has 6 nitrogen and oxygen atoms in total. The van der Waals surface area contributed by atoms with E-state index < -0.39 is 29.4 Å². The molecule has 0 atom stereocenters. The van der Waals surface area contributed by atoms with Crippen molar-refractivity contribution in [3.05, 3.63) is 95.3 Å². The molecule has 10 heteroatoms. The Morgan fingerprint density at radius 3 is 2.33 bits per heavy atom. The lowest BCUT2D eigenvalue weighted by Gasteiger charge is -2.14. The zero-order valence-electron chi connectivity index (χ0n) is 16.7. The van der Waals surface area contributed by atoms with Gasteiger partial charge in [0.05, 0.1) is 11.1 Å². The molecular formula is C23H16F4N2O4. The number of anilines is 1. The standard InChI is InChI=1S/C23H16F4N2O4/c24-16-7-9-17(10-8-16)33-20-4-2-1-3-18(20)22(31)28-19-11-6-15(23(25,26)27)13-14(19)5-12-21(30)29-32/h1-13,32H,(H,28,31)(H,29,30). The summed E-state index contributed by atoms with van der Waals surface area (Å²) in [5, 5.41) is 11.1. The van der Waals surface area contributed by atoms with Gasteiger partial charge in [-0.2, -0.15) is 13.2 Å². The molecule has 3 rings (SSSR count). The van der Waals surface area contributed by atoms with Crippen LogP contribution >= 0.6 is 0 Å². The first-order valence-corrected chi connectivity index (χ1v) is 9.34. The van der Waals surface area contributed by atoms with Crippen LogP contribution in [0.1, 0.15) is 21.5 Å². The number of benzene rings is 3. The number of hydrogen-bond acceptors (Lipinski definition) is 4. The lowest BCUT2D eigenvalue weighted by molar-refractivity contribution is -0.137. The molecule has 0 heterocycles. The molecule has 0 bridgehead atoms. The van der Waals surface area contributed by atoms with Crippen molar-refractivity contribution in [3.8, 4) is 11.5 Å². The first-order valence-electron chi connectivity index (χ1n) is 9.34. The van der Waals surface area contributed by atoms with E-state index in [-0.39, 0.29) is 28.3 Å². The third-order valence-electron chi connectivity index (χ3n) is 4.32. The van der Waals surface area contributed by atoms with Crippen LogP contribution in [0, 0.1) is 5.82 Å². The number of para-hydroxylation sites is 1. The Bertz CT molecular complexity index is 1190. The van der Waals surface area contributed by atoms with Gasteiger partial charge >= 0.3 is 6.18 Å². The lowest BCUT2D eigenvalue weighted by atomic mass is 10.1. The van der Waals surface area contributed by atoms with E-state index in [0.717, 1.165) is 30.4 Å². The topological polar surface area (TPSA) is 87.7 Å². The van der Waals surface area contributed by atoms with Crippen LogP contribution in [0.5, 0.6) is 11.5 Å². The summed E-state index contributed by atoms with van der Waals surface area (Å²) < 4.78 is 58.1. The van der Waals surface area contributed by atoms with Gasteiger partial charge in [-0.1, -0.05) is 12.1 Å². The maximum Gasteiger partial charge on any atom is 0.416 e. The van der Waals surface area contributed by atoms with Gasteiger partial charge in [0.2, 0.25) is 0 Å². The maximum absolute atomic E-state index is 13.1. The fourth-order valence-corrected chi connectivity index (χ4v) is 2.76. The Balaban J connectivity index is 1.91. The van der Waals surface area contributed by atoms with Gasteiger partial charge in [0.15, 0.2) is 0 Å². The van der Waals surface area contributed by atoms with Gasteiger partial charge in [-0.05, 0) is 66.2 Å². The number of carbonyl (C=O) groups is 2. The van der Waals surface area contributed by atoms with Crippen molar-refractivity contribution in [2.45, 2.75) is 6.18 Å². The number of carbonyl (C=O) groups excluding carboxylic acids is 2. The lowest BCUT2D eigenvalue weighted by Crippen LogP contribution is -2.16. The SMILES string of the molecule is O=C(C=Cc1cc(C(F)(F)F)ccc1NC(=O)c1ccccc1Oc1ccc(F)cc1)NO. The molecule has 0 spiro atoms. The second-order valence-electron chi connectivity index (χ2n) is 6.62. The predicted octanol–water partition coefficient (Wildman–Crippen LogP) is 5.41. The summed E-state index contributed by atoms with van der Waals surface area (Å²) in [6.07, 6.45) is -2.84. The zero-order chi connectivity index (χ0) is 24.0. The van der Waals surface area contributed by atoms with Crippen LogP contribution in [-0.2, 0) is 11.0 Å². The first-order chi connectivity index (χ1) is 15.7. The number of amides is 2. The van der Waals surface area contributed by atoms with E-state index in [2.05, 4.69) is 5.32 Å². The Labute approximate surface area is 185 Å². The van der Waals surface area contributed by atoms with E-state index in [1.807, 2.05) is 0 Å². The van der Waals surface area contributed by atoms with Crippen LogP contribution in [0.4, 0.5) is 23.2 Å². The third kappa shape index (κ3) is 6.17. The first kappa shape index (κ1) is 23.5. The van der Waals surface area contributed by atoms with Crippen molar-refractivity contribution in [2.24, 2.45) is 0 Å². The van der Waals surface area contributed by atoms with Crippen molar-refractivity contribution in [3.63, 3.8) is 0 Å². The minimum atomic E-state index is -4.65. The van der Waals surface area contributed by atoms with Crippen molar-refractivity contribution < 1.29 is 37.1 Å². The van der Waals surface area contributed by atoms with Crippen LogP contribution in [0.25, 0.3) is 6.08 Å². The van der Waals surface area contributed by atoms with E-state index in [1.54, 1.807) is 12.1 Å². The molecule has 0 saturated carbocycles. The fourth-order valence-electron chi connectivity index (χ4n) is 2.76. The van der Waals surface area contributed by atoms with Gasteiger partial charge in [0.25, 0.3) is 11.8 Å². The number of rotatable bonds is 6. The van der Waals surface area contributed by atoms with Crippen LogP contribution in [0.15, 0.2) is 72.8 Å². The molecule has 3 aromatic carbocycles. The predicted molar refractivity (Wildman–Crippen MR) is 111 cm³/mol. The van der Waals surface area contributed by atoms with E-state index in [1.165, 1.54) is 41.9 Å². The van der Waals surface area contributed by atoms with Crippen molar-refractivity contribution >= 4 is 23.6 Å². The van der Waals surface area contributed by atoms with Crippen LogP contribution < -0.4 is 15.5 Å². The summed E-state index contributed by atoms with van der Waals surface area (Å²) in [6.45, 7) is 0. The van der Waals surface area contributed by atoms with E-state index in [0.29, 0.717) is 0 Å². The Morgan fingerprint density at radius 2 is 1.67 bits per heavy atom. The molecule has 170 valence electrons. The summed E-state index contributed by atoms with van der Waals surface area (Å²) in [5.41, 5.74) is 0.241. The summed E-state index contributed by atoms with van der Waals surface area (Å²) in [6, 6.07) is 13.8. The second kappa shape index (κ2) is 9.96. The third-order valence-corrected chi connectivity index (χ3v) is 4.32. The highest BCUT2D eigenvalue weighted by molar-refractivity contribution is 6.07. The highest BCUT2D eigenvalue weighted by Gasteiger charge is 2.31.